The van der Waals surface area contributed by atoms with E-state index in [4.69, 9.17) is 0 Å². The number of nitrogens with one attached hydrogen (secondary N) is 1. The third-order valence-corrected chi connectivity index (χ3v) is 3.10. The number of carbonyl (C=O) groups excluding carboxylic acids is 1. The zero-order valence-electron chi connectivity index (χ0n) is 8.97. The van der Waals surface area contributed by atoms with Crippen molar-refractivity contribution in [2.75, 3.05) is 17.3 Å². The van der Waals surface area contributed by atoms with E-state index in [2.05, 4.69) is 21.2 Å². The van der Waals surface area contributed by atoms with Crippen LogP contribution in [0.3, 0.4) is 0 Å². The van der Waals surface area contributed by atoms with Gasteiger partial charge in [0.25, 0.3) is 5.91 Å². The van der Waals surface area contributed by atoms with Crippen LogP contribution in [-0.4, -0.2) is 18.5 Å². The molecule has 1 aliphatic rings. The van der Waals surface area contributed by atoms with Crippen LogP contribution >= 0.6 is 15.9 Å². The van der Waals surface area contributed by atoms with Crippen LogP contribution in [-0.2, 0) is 4.79 Å². The third kappa shape index (κ3) is 1.63. The number of halogens is 1. The second kappa shape index (κ2) is 3.23. The minimum absolute atomic E-state index is 0.0769. The van der Waals surface area contributed by atoms with Crippen LogP contribution in [0.5, 0.6) is 0 Å². The van der Waals surface area contributed by atoms with Gasteiger partial charge in [-0.05, 0) is 32.0 Å². The lowest BCUT2D eigenvalue weighted by Gasteiger charge is -2.38. The van der Waals surface area contributed by atoms with Gasteiger partial charge in [0.15, 0.2) is 0 Å². The zero-order valence-corrected chi connectivity index (χ0v) is 10.6. The number of rotatable bonds is 0. The number of nitrogens with zero attached hydrogens (tertiary/aromatic N) is 1. The average molecular weight is 269 g/mol. The Labute approximate surface area is 97.6 Å². The number of amides is 1. The highest BCUT2D eigenvalue weighted by Crippen LogP contribution is 2.36. The summed E-state index contributed by atoms with van der Waals surface area (Å²) in [6.45, 7) is 3.77. The number of hydrogen-bond acceptors (Lipinski definition) is 2. The highest BCUT2D eigenvalue weighted by Gasteiger charge is 2.36. The fourth-order valence-corrected chi connectivity index (χ4v) is 2.16. The summed E-state index contributed by atoms with van der Waals surface area (Å²) in [6, 6.07) is 5.88. The van der Waals surface area contributed by atoms with Crippen molar-refractivity contribution in [3.63, 3.8) is 0 Å². The second-order valence-corrected chi connectivity index (χ2v) is 5.19. The smallest absolute Gasteiger partial charge is 0.251 e. The van der Waals surface area contributed by atoms with Crippen LogP contribution in [0.4, 0.5) is 11.4 Å². The van der Waals surface area contributed by atoms with Crippen molar-refractivity contribution in [1.82, 2.24) is 0 Å². The molecule has 0 fully saturated rings. The molecule has 0 bridgehead atoms. The van der Waals surface area contributed by atoms with Gasteiger partial charge in [0, 0.05) is 11.5 Å². The molecule has 0 aliphatic carbocycles. The standard InChI is InChI=1S/C11H13BrN2O/c1-11(2)10(15)14(3)9-6-7(12)4-5-8(9)13-11/h4-6,13H,1-3H3. The predicted octanol–water partition coefficient (Wildman–Crippen LogP) is 2.62. The second-order valence-electron chi connectivity index (χ2n) is 4.28. The molecule has 1 aromatic carbocycles. The fraction of sp³-hybridized carbons (Fsp3) is 0.364. The molecule has 1 heterocycles. The zero-order chi connectivity index (χ0) is 11.2. The summed E-state index contributed by atoms with van der Waals surface area (Å²) >= 11 is 3.40. The molecule has 1 aliphatic heterocycles. The molecule has 1 N–H and O–H groups in total. The van der Waals surface area contributed by atoms with Gasteiger partial charge in [-0.1, -0.05) is 15.9 Å². The summed E-state index contributed by atoms with van der Waals surface area (Å²) in [4.78, 5) is 13.7. The maximum absolute atomic E-state index is 12.0. The lowest BCUT2D eigenvalue weighted by atomic mass is 9.99. The van der Waals surface area contributed by atoms with Crippen molar-refractivity contribution in [3.05, 3.63) is 22.7 Å². The lowest BCUT2D eigenvalue weighted by Crippen LogP contribution is -2.52. The first-order valence-electron chi connectivity index (χ1n) is 4.78. The van der Waals surface area contributed by atoms with E-state index in [1.807, 2.05) is 32.0 Å². The quantitative estimate of drug-likeness (QED) is 0.785. The summed E-state index contributed by atoms with van der Waals surface area (Å²) in [5.74, 6) is 0.0769. The number of likely N-dealkylation sites (N-methyl/N-ethyl adjacent to an activating group) is 1. The molecule has 1 amide bonds. The summed E-state index contributed by atoms with van der Waals surface area (Å²) in [7, 11) is 1.80. The molecule has 0 radical (unpaired) electrons. The van der Waals surface area contributed by atoms with E-state index in [9.17, 15) is 4.79 Å². The minimum Gasteiger partial charge on any atom is -0.370 e. The van der Waals surface area contributed by atoms with Crippen LogP contribution in [0.1, 0.15) is 13.8 Å². The summed E-state index contributed by atoms with van der Waals surface area (Å²) in [5.41, 5.74) is 1.37. The summed E-state index contributed by atoms with van der Waals surface area (Å²) in [6.07, 6.45) is 0. The van der Waals surface area contributed by atoms with Gasteiger partial charge in [0.05, 0.1) is 11.4 Å². The van der Waals surface area contributed by atoms with Gasteiger partial charge in [-0.15, -0.1) is 0 Å². The Hall–Kier alpha value is -1.03. The van der Waals surface area contributed by atoms with Crippen molar-refractivity contribution in [2.45, 2.75) is 19.4 Å². The van der Waals surface area contributed by atoms with E-state index in [1.54, 1.807) is 11.9 Å². The highest BCUT2D eigenvalue weighted by atomic mass is 79.9. The fourth-order valence-electron chi connectivity index (χ4n) is 1.81. The number of carbonyl (C=O) groups is 1. The van der Waals surface area contributed by atoms with Gasteiger partial charge in [0.2, 0.25) is 0 Å². The Morgan fingerprint density at radius 1 is 1.40 bits per heavy atom. The van der Waals surface area contributed by atoms with Crippen molar-refractivity contribution in [1.29, 1.82) is 0 Å². The SMILES string of the molecule is CN1C(=O)C(C)(C)Nc2ccc(Br)cc21. The maximum atomic E-state index is 12.0. The Kier molecular flexibility index (Phi) is 2.26. The molecule has 0 aromatic heterocycles. The predicted molar refractivity (Wildman–Crippen MR) is 65.3 cm³/mol. The first-order valence-corrected chi connectivity index (χ1v) is 5.57. The molecule has 1 aromatic rings. The van der Waals surface area contributed by atoms with Crippen LogP contribution < -0.4 is 10.2 Å². The van der Waals surface area contributed by atoms with E-state index in [0.717, 1.165) is 15.8 Å². The molecule has 15 heavy (non-hydrogen) atoms. The molecular weight excluding hydrogens is 256 g/mol. The van der Waals surface area contributed by atoms with Gasteiger partial charge in [-0.3, -0.25) is 4.79 Å². The number of anilines is 2. The normalized spacial score (nSPS) is 18.4. The number of hydrogen-bond donors (Lipinski definition) is 1. The Morgan fingerprint density at radius 3 is 2.73 bits per heavy atom. The molecule has 0 spiro atoms. The van der Waals surface area contributed by atoms with Crippen molar-refractivity contribution in [3.8, 4) is 0 Å². The van der Waals surface area contributed by atoms with Crippen LogP contribution in [0, 0.1) is 0 Å². The lowest BCUT2D eigenvalue weighted by molar-refractivity contribution is -0.121. The summed E-state index contributed by atoms with van der Waals surface area (Å²) in [5, 5.41) is 3.23. The van der Waals surface area contributed by atoms with Gasteiger partial charge in [-0.2, -0.15) is 0 Å². The first-order chi connectivity index (χ1) is 6.92. The molecule has 4 heteroatoms. The molecule has 0 saturated carbocycles. The Balaban J connectivity index is 2.55. The van der Waals surface area contributed by atoms with E-state index in [-0.39, 0.29) is 5.91 Å². The molecule has 0 unspecified atom stereocenters. The van der Waals surface area contributed by atoms with E-state index < -0.39 is 5.54 Å². The average Bonchev–Trinajstić information content (AvgIpc) is 2.16. The first kappa shape index (κ1) is 10.5. The monoisotopic (exact) mass is 268 g/mol. The Morgan fingerprint density at radius 2 is 2.07 bits per heavy atom. The minimum atomic E-state index is -0.532. The van der Waals surface area contributed by atoms with E-state index in [1.165, 1.54) is 0 Å². The van der Waals surface area contributed by atoms with Crippen LogP contribution in [0.15, 0.2) is 22.7 Å². The van der Waals surface area contributed by atoms with Gasteiger partial charge in [-0.25, -0.2) is 0 Å². The Bertz CT molecular complexity index is 429. The maximum Gasteiger partial charge on any atom is 0.251 e. The number of fused-ring (bicyclic) bond motifs is 1. The van der Waals surface area contributed by atoms with Gasteiger partial charge in [0.1, 0.15) is 5.54 Å². The molecule has 3 nitrogen and oxygen atoms in total. The third-order valence-electron chi connectivity index (χ3n) is 2.61. The molecular formula is C11H13BrN2O. The largest absolute Gasteiger partial charge is 0.370 e. The molecule has 80 valence electrons. The molecule has 0 atom stereocenters. The van der Waals surface area contributed by atoms with Crippen LogP contribution in [0.25, 0.3) is 0 Å². The van der Waals surface area contributed by atoms with Crippen LogP contribution in [0.2, 0.25) is 0 Å². The molecule has 0 saturated heterocycles. The van der Waals surface area contributed by atoms with E-state index >= 15 is 0 Å². The van der Waals surface area contributed by atoms with Crippen molar-refractivity contribution < 1.29 is 4.79 Å². The number of benzene rings is 1. The van der Waals surface area contributed by atoms with Gasteiger partial charge >= 0.3 is 0 Å². The topological polar surface area (TPSA) is 32.3 Å². The highest BCUT2D eigenvalue weighted by molar-refractivity contribution is 9.10. The van der Waals surface area contributed by atoms with E-state index in [0.29, 0.717) is 0 Å². The van der Waals surface area contributed by atoms with Crippen molar-refractivity contribution in [2.24, 2.45) is 0 Å². The summed E-state index contributed by atoms with van der Waals surface area (Å²) < 4.78 is 0.974. The molecule has 2 rings (SSSR count). The van der Waals surface area contributed by atoms with Gasteiger partial charge < -0.3 is 10.2 Å². The van der Waals surface area contributed by atoms with Crippen molar-refractivity contribution >= 4 is 33.2 Å².